The maximum Gasteiger partial charge on any atom is 0.306 e. The fraction of sp³-hybridized carbons (Fsp3) is 0.712. The van der Waals surface area contributed by atoms with Crippen molar-refractivity contribution in [3.63, 3.8) is 0 Å². The van der Waals surface area contributed by atoms with E-state index in [1.807, 2.05) is 0 Å². The second kappa shape index (κ2) is 53.2. The van der Waals surface area contributed by atoms with Gasteiger partial charge in [-0.05, 0) is 122 Å². The van der Waals surface area contributed by atoms with Crippen LogP contribution in [0.4, 0.5) is 0 Å². The molecule has 0 fully saturated rings. The van der Waals surface area contributed by atoms with Crippen molar-refractivity contribution in [3.05, 3.63) is 85.1 Å². The molecule has 6 heteroatoms. The lowest BCUT2D eigenvalue weighted by atomic mass is 10.1. The molecule has 6 nitrogen and oxygen atoms in total. The first kappa shape index (κ1) is 61.6. The predicted molar refractivity (Wildman–Crippen MR) is 279 cm³/mol. The SMILES string of the molecule is CCCCC/C=C\C/C=C\C/C=C\CCCCC(=O)OCC(COC(=O)CCCC/C=C\C/C=C\C/C=C\CCCCC)OC(=O)CCCCCCCCC/C=C\CCCCCCCC. The molecule has 0 saturated heterocycles. The summed E-state index contributed by atoms with van der Waals surface area (Å²) >= 11 is 0. The number of allylic oxidation sites excluding steroid dienone is 14. The van der Waals surface area contributed by atoms with Gasteiger partial charge < -0.3 is 14.2 Å². The Hall–Kier alpha value is -3.41. The molecular weight excluding hydrogens is 805 g/mol. The van der Waals surface area contributed by atoms with Gasteiger partial charge in [-0.15, -0.1) is 0 Å². The lowest BCUT2D eigenvalue weighted by molar-refractivity contribution is -0.167. The second-order valence-corrected chi connectivity index (χ2v) is 17.8. The van der Waals surface area contributed by atoms with Gasteiger partial charge in [0.2, 0.25) is 0 Å². The third-order valence-corrected chi connectivity index (χ3v) is 11.3. The lowest BCUT2D eigenvalue weighted by Crippen LogP contribution is -2.30. The molecule has 0 aromatic heterocycles. The summed E-state index contributed by atoms with van der Waals surface area (Å²) in [5, 5.41) is 0. The van der Waals surface area contributed by atoms with Crippen LogP contribution in [-0.2, 0) is 28.6 Å². The Morgan fingerprint density at radius 1 is 0.308 bits per heavy atom. The summed E-state index contributed by atoms with van der Waals surface area (Å²) in [5.41, 5.74) is 0. The highest BCUT2D eigenvalue weighted by atomic mass is 16.6. The first-order valence-corrected chi connectivity index (χ1v) is 27.1. The quantitative estimate of drug-likeness (QED) is 0.0262. The van der Waals surface area contributed by atoms with E-state index in [4.69, 9.17) is 14.2 Å². The number of rotatable bonds is 48. The highest BCUT2D eigenvalue weighted by Crippen LogP contribution is 2.13. The number of unbranched alkanes of at least 4 members (excludes halogenated alkanes) is 23. The van der Waals surface area contributed by atoms with Crippen molar-refractivity contribution in [1.82, 2.24) is 0 Å². The maximum absolute atomic E-state index is 12.8. The summed E-state index contributed by atoms with van der Waals surface area (Å²) in [6.45, 7) is 6.51. The molecule has 0 aliphatic carbocycles. The Kier molecular flexibility index (Phi) is 50.4. The second-order valence-electron chi connectivity index (χ2n) is 17.8. The molecule has 0 N–H and O–H groups in total. The zero-order valence-electron chi connectivity index (χ0n) is 42.5. The van der Waals surface area contributed by atoms with Crippen LogP contribution in [0.1, 0.15) is 252 Å². The molecule has 372 valence electrons. The molecule has 0 saturated carbocycles. The number of carbonyl (C=O) groups excluding carboxylic acids is 3. The third kappa shape index (κ3) is 51.4. The van der Waals surface area contributed by atoms with Crippen molar-refractivity contribution >= 4 is 17.9 Å². The molecule has 0 aliphatic heterocycles. The molecule has 0 aromatic carbocycles. The standard InChI is InChI=1S/C59H100O6/c1-4-7-10-13-16-19-22-25-28-29-32-35-38-41-44-47-50-53-59(62)65-56(54-63-57(60)51-48-45-42-39-36-33-30-26-23-20-17-14-11-8-5-2)55-64-58(61)52-49-46-43-40-37-34-31-27-24-21-18-15-12-9-6-3/h17-18,20-21,25-28,30-31,36-37,39-40,56H,4-16,19,22-24,29,32-35,38,41-55H2,1-3H3/b20-17-,21-18-,28-25-,30-26-,31-27-,39-36-,40-37-. The van der Waals surface area contributed by atoms with Crippen molar-refractivity contribution in [2.24, 2.45) is 0 Å². The summed E-state index contributed by atoms with van der Waals surface area (Å²) in [7, 11) is 0. The fourth-order valence-corrected chi connectivity index (χ4v) is 7.21. The Balaban J connectivity index is 4.51. The summed E-state index contributed by atoms with van der Waals surface area (Å²) in [5.74, 6) is -0.986. The van der Waals surface area contributed by atoms with E-state index < -0.39 is 6.10 Å². The highest BCUT2D eigenvalue weighted by molar-refractivity contribution is 5.71. The zero-order valence-corrected chi connectivity index (χ0v) is 42.5. The number of hydrogen-bond acceptors (Lipinski definition) is 6. The van der Waals surface area contributed by atoms with E-state index in [9.17, 15) is 14.4 Å². The molecule has 0 amide bonds. The fourth-order valence-electron chi connectivity index (χ4n) is 7.21. The van der Waals surface area contributed by atoms with Gasteiger partial charge in [0.1, 0.15) is 13.2 Å². The normalized spacial score (nSPS) is 12.3. The van der Waals surface area contributed by atoms with Crippen molar-refractivity contribution in [2.75, 3.05) is 13.2 Å². The number of hydrogen-bond donors (Lipinski definition) is 0. The minimum Gasteiger partial charge on any atom is -0.462 e. The van der Waals surface area contributed by atoms with Crippen LogP contribution in [0.5, 0.6) is 0 Å². The third-order valence-electron chi connectivity index (χ3n) is 11.3. The van der Waals surface area contributed by atoms with Gasteiger partial charge in [0.15, 0.2) is 6.10 Å². The van der Waals surface area contributed by atoms with E-state index in [2.05, 4.69) is 106 Å². The molecule has 0 aromatic rings. The average molecular weight is 905 g/mol. The van der Waals surface area contributed by atoms with Crippen LogP contribution in [0.3, 0.4) is 0 Å². The Labute approximate surface area is 401 Å². The van der Waals surface area contributed by atoms with Gasteiger partial charge in [-0.3, -0.25) is 14.4 Å². The van der Waals surface area contributed by atoms with E-state index in [-0.39, 0.29) is 31.1 Å². The number of ether oxygens (including phenoxy) is 3. The summed E-state index contributed by atoms with van der Waals surface area (Å²) in [4.78, 5) is 38.0. The predicted octanol–water partition coefficient (Wildman–Crippen LogP) is 18.0. The van der Waals surface area contributed by atoms with Gasteiger partial charge >= 0.3 is 17.9 Å². The lowest BCUT2D eigenvalue weighted by Gasteiger charge is -2.18. The van der Waals surface area contributed by atoms with Gasteiger partial charge in [0.05, 0.1) is 0 Å². The summed E-state index contributed by atoms with van der Waals surface area (Å²) in [6.07, 6.45) is 68.5. The van der Waals surface area contributed by atoms with Crippen molar-refractivity contribution in [2.45, 2.75) is 258 Å². The van der Waals surface area contributed by atoms with Gasteiger partial charge in [-0.25, -0.2) is 0 Å². The van der Waals surface area contributed by atoms with Crippen molar-refractivity contribution in [3.8, 4) is 0 Å². The summed E-state index contributed by atoms with van der Waals surface area (Å²) in [6, 6.07) is 0. The molecule has 0 bridgehead atoms. The topological polar surface area (TPSA) is 78.9 Å². The Morgan fingerprint density at radius 3 is 0.938 bits per heavy atom. The van der Waals surface area contributed by atoms with Crippen LogP contribution in [0.2, 0.25) is 0 Å². The van der Waals surface area contributed by atoms with Crippen LogP contribution in [0.25, 0.3) is 0 Å². The molecule has 65 heavy (non-hydrogen) atoms. The molecule has 0 atom stereocenters. The monoisotopic (exact) mass is 905 g/mol. The van der Waals surface area contributed by atoms with Crippen LogP contribution in [0, 0.1) is 0 Å². The van der Waals surface area contributed by atoms with Gasteiger partial charge in [0.25, 0.3) is 0 Å². The van der Waals surface area contributed by atoms with E-state index in [1.165, 1.54) is 128 Å². The largest absolute Gasteiger partial charge is 0.462 e. The molecular formula is C59H100O6. The number of carbonyl (C=O) groups is 3. The number of esters is 3. The van der Waals surface area contributed by atoms with E-state index >= 15 is 0 Å². The van der Waals surface area contributed by atoms with Crippen molar-refractivity contribution in [1.29, 1.82) is 0 Å². The average Bonchev–Trinajstić information content (AvgIpc) is 3.30. The summed E-state index contributed by atoms with van der Waals surface area (Å²) < 4.78 is 16.8. The Bertz CT molecular complexity index is 1200. The first-order chi connectivity index (χ1) is 32.0. The molecule has 0 aliphatic rings. The molecule has 0 radical (unpaired) electrons. The highest BCUT2D eigenvalue weighted by Gasteiger charge is 2.19. The molecule has 0 heterocycles. The minimum absolute atomic E-state index is 0.110. The minimum atomic E-state index is -0.810. The van der Waals surface area contributed by atoms with Crippen molar-refractivity contribution < 1.29 is 28.6 Å². The molecule has 0 spiro atoms. The maximum atomic E-state index is 12.8. The Morgan fingerprint density at radius 2 is 0.554 bits per heavy atom. The van der Waals surface area contributed by atoms with E-state index in [0.717, 1.165) is 83.5 Å². The van der Waals surface area contributed by atoms with Crippen LogP contribution >= 0.6 is 0 Å². The smallest absolute Gasteiger partial charge is 0.306 e. The van der Waals surface area contributed by atoms with Gasteiger partial charge in [0, 0.05) is 19.3 Å². The molecule has 0 unspecified atom stereocenters. The van der Waals surface area contributed by atoms with E-state index in [1.54, 1.807) is 0 Å². The van der Waals surface area contributed by atoms with Gasteiger partial charge in [-0.2, -0.15) is 0 Å². The zero-order chi connectivity index (χ0) is 47.2. The molecule has 0 rings (SSSR count). The van der Waals surface area contributed by atoms with Crippen LogP contribution < -0.4 is 0 Å². The first-order valence-electron chi connectivity index (χ1n) is 27.1. The van der Waals surface area contributed by atoms with Gasteiger partial charge in [-0.1, -0.05) is 196 Å². The van der Waals surface area contributed by atoms with E-state index in [0.29, 0.717) is 19.3 Å². The van der Waals surface area contributed by atoms with Crippen LogP contribution in [0.15, 0.2) is 85.1 Å². The van der Waals surface area contributed by atoms with Crippen LogP contribution in [-0.4, -0.2) is 37.2 Å².